The molecule has 1 aliphatic heterocycles. The minimum Gasteiger partial charge on any atom is -0.458 e. The van der Waals surface area contributed by atoms with E-state index in [-0.39, 0.29) is 24.7 Å². The molecule has 13 nitrogen and oxygen atoms in total. The van der Waals surface area contributed by atoms with Gasteiger partial charge in [-0.25, -0.2) is 14.4 Å². The minimum absolute atomic E-state index is 0.0222. The molecule has 4 aliphatic carbocycles. The maximum atomic E-state index is 14.5. The lowest BCUT2D eigenvalue weighted by atomic mass is 9.43. The number of alkyl carbamates (subject to hydrolysis) is 1. The SMILES string of the molecule is C=C[C@@H]1O[C@H]2C[C@H]3CC[C@@]3(OC(C)=O)[C@H]3[C@H](OC(=O)c4ccccc4)[C@]4(C(C)(C)O)C[C@H](OC(=O)[C@H](O)[C@H](CC(C)C)NC(=O)OC(C)(C)C)C(C)=C4[C@H](C)[C@H](O1)[C@]23C. The Kier molecular flexibility index (Phi) is 12.1. The first-order valence-corrected chi connectivity index (χ1v) is 21.1. The van der Waals surface area contributed by atoms with Crippen molar-refractivity contribution in [2.75, 3.05) is 0 Å². The van der Waals surface area contributed by atoms with Crippen LogP contribution in [0.3, 0.4) is 0 Å². The van der Waals surface area contributed by atoms with Crippen LogP contribution in [0.2, 0.25) is 0 Å². The molecule has 13 heteroatoms. The molecule has 0 aromatic heterocycles. The molecule has 1 aromatic carbocycles. The van der Waals surface area contributed by atoms with E-state index in [0.29, 0.717) is 29.6 Å². The molecule has 326 valence electrons. The van der Waals surface area contributed by atoms with Gasteiger partial charge in [-0.1, -0.05) is 52.5 Å². The van der Waals surface area contributed by atoms with Gasteiger partial charge in [-0.3, -0.25) is 4.79 Å². The number of aliphatic hydroxyl groups excluding tert-OH is 1. The number of rotatable bonds is 11. The molecule has 5 aliphatic rings. The van der Waals surface area contributed by atoms with Gasteiger partial charge < -0.3 is 44.0 Å². The number of carbonyl (C=O) groups is 4. The zero-order valence-corrected chi connectivity index (χ0v) is 36.5. The van der Waals surface area contributed by atoms with Crippen molar-refractivity contribution < 1.29 is 57.8 Å². The summed E-state index contributed by atoms with van der Waals surface area (Å²) in [5, 5.41) is 27.1. The van der Waals surface area contributed by atoms with Gasteiger partial charge in [-0.05, 0) is 102 Å². The number of aliphatic hydroxyl groups is 2. The fourth-order valence-corrected chi connectivity index (χ4v) is 11.6. The van der Waals surface area contributed by atoms with Crippen molar-refractivity contribution in [2.45, 2.75) is 168 Å². The molecule has 3 N–H and O–H groups in total. The van der Waals surface area contributed by atoms with Gasteiger partial charge in [-0.2, -0.15) is 0 Å². The molecule has 6 rings (SSSR count). The smallest absolute Gasteiger partial charge is 0.407 e. The highest BCUT2D eigenvalue weighted by Gasteiger charge is 2.79. The molecule has 0 spiro atoms. The maximum Gasteiger partial charge on any atom is 0.407 e. The first kappa shape index (κ1) is 44.8. The Morgan fingerprint density at radius 3 is 2.27 bits per heavy atom. The molecular formula is C46H65NO12. The average Bonchev–Trinajstić information content (AvgIpc) is 3.39. The summed E-state index contributed by atoms with van der Waals surface area (Å²) in [6.45, 7) is 23.6. The first-order valence-electron chi connectivity index (χ1n) is 21.1. The van der Waals surface area contributed by atoms with E-state index in [9.17, 15) is 29.4 Å². The normalized spacial score (nSPS) is 36.0. The van der Waals surface area contributed by atoms with E-state index >= 15 is 0 Å². The molecule has 13 atom stereocenters. The largest absolute Gasteiger partial charge is 0.458 e. The molecule has 3 saturated carbocycles. The van der Waals surface area contributed by atoms with Crippen LogP contribution >= 0.6 is 0 Å². The molecule has 1 saturated heterocycles. The molecule has 4 fully saturated rings. The van der Waals surface area contributed by atoms with E-state index in [1.165, 1.54) is 6.92 Å². The summed E-state index contributed by atoms with van der Waals surface area (Å²) in [6.07, 6.45) is -2.98. The van der Waals surface area contributed by atoms with Crippen LogP contribution in [0.4, 0.5) is 4.79 Å². The van der Waals surface area contributed by atoms with Gasteiger partial charge in [-0.15, -0.1) is 0 Å². The number of nitrogens with one attached hydrogen (secondary N) is 1. The number of amides is 1. The molecule has 1 amide bonds. The minimum atomic E-state index is -1.77. The monoisotopic (exact) mass is 823 g/mol. The summed E-state index contributed by atoms with van der Waals surface area (Å²) in [6, 6.07) is 7.55. The number of hydrogen-bond acceptors (Lipinski definition) is 12. The molecule has 1 heterocycles. The molecule has 59 heavy (non-hydrogen) atoms. The van der Waals surface area contributed by atoms with Gasteiger partial charge in [0.1, 0.15) is 23.4 Å². The van der Waals surface area contributed by atoms with Gasteiger partial charge in [0.25, 0.3) is 0 Å². The van der Waals surface area contributed by atoms with Crippen molar-refractivity contribution in [3.8, 4) is 0 Å². The van der Waals surface area contributed by atoms with Crippen molar-refractivity contribution in [2.24, 2.45) is 34.5 Å². The Morgan fingerprint density at radius 1 is 1.07 bits per heavy atom. The van der Waals surface area contributed by atoms with E-state index in [1.807, 2.05) is 27.7 Å². The molecule has 1 aromatic rings. The summed E-state index contributed by atoms with van der Waals surface area (Å²) >= 11 is 0. The van der Waals surface area contributed by atoms with E-state index in [0.717, 1.165) is 6.42 Å². The third-order valence-electron chi connectivity index (χ3n) is 13.9. The zero-order chi connectivity index (χ0) is 43.6. The summed E-state index contributed by atoms with van der Waals surface area (Å²) < 4.78 is 38.6. The van der Waals surface area contributed by atoms with Crippen molar-refractivity contribution in [3.05, 3.63) is 59.7 Å². The van der Waals surface area contributed by atoms with Crippen LogP contribution in [0.15, 0.2) is 54.1 Å². The highest BCUT2D eigenvalue weighted by molar-refractivity contribution is 5.89. The summed E-state index contributed by atoms with van der Waals surface area (Å²) in [7, 11) is 0. The first-order chi connectivity index (χ1) is 27.4. The third-order valence-corrected chi connectivity index (χ3v) is 13.9. The quantitative estimate of drug-likeness (QED) is 0.124. The van der Waals surface area contributed by atoms with E-state index in [2.05, 4.69) is 18.8 Å². The fourth-order valence-electron chi connectivity index (χ4n) is 11.6. The second-order valence-corrected chi connectivity index (χ2v) is 19.7. The summed E-state index contributed by atoms with van der Waals surface area (Å²) in [4.78, 5) is 54.7. The Bertz CT molecular complexity index is 1830. The Hall–Kier alpha value is -3.78. The van der Waals surface area contributed by atoms with Gasteiger partial charge in [0.05, 0.1) is 34.8 Å². The van der Waals surface area contributed by atoms with Crippen molar-refractivity contribution >= 4 is 24.0 Å². The van der Waals surface area contributed by atoms with Crippen molar-refractivity contribution in [1.82, 2.24) is 5.32 Å². The number of esters is 3. The van der Waals surface area contributed by atoms with Gasteiger partial charge in [0.2, 0.25) is 0 Å². The molecular weight excluding hydrogens is 759 g/mol. The predicted molar refractivity (Wildman–Crippen MR) is 217 cm³/mol. The standard InChI is InChI=1S/C46H65NO12/c1-13-33-55-32-22-29-19-20-46(29,58-27(6)48)36-38(57-39(50)28-17-15-14-16-18-28)45(43(10,11)53)23-31(25(4)34(45)26(5)37(56-33)44(32,36)12)54-40(51)35(49)30(21-24(2)3)47-41(52)59-42(7,8)9/h13-18,24,26,29-33,35-38,49,53H,1,19-23H2,2-12H3,(H,47,52)/t26-,29+,30-,31-,32-,33+,35+,36-,37-,38-,44+,45-,46-/m0/s1. The Labute approximate surface area is 348 Å². The summed E-state index contributed by atoms with van der Waals surface area (Å²) in [5.74, 6) is -3.53. The van der Waals surface area contributed by atoms with E-state index < -0.39 is 106 Å². The number of fused-ring (bicyclic) bond motifs is 3. The van der Waals surface area contributed by atoms with Crippen molar-refractivity contribution in [3.63, 3.8) is 0 Å². The van der Waals surface area contributed by atoms with Crippen LogP contribution in [0.25, 0.3) is 0 Å². The number of ether oxygens (including phenoxy) is 6. The highest BCUT2D eigenvalue weighted by Crippen LogP contribution is 2.72. The lowest BCUT2D eigenvalue weighted by molar-refractivity contribution is -0.361. The van der Waals surface area contributed by atoms with Gasteiger partial charge in [0.15, 0.2) is 12.4 Å². The van der Waals surface area contributed by atoms with Crippen LogP contribution in [0.1, 0.15) is 119 Å². The lowest BCUT2D eigenvalue weighted by Crippen LogP contribution is -2.75. The lowest BCUT2D eigenvalue weighted by Gasteiger charge is -2.68. The van der Waals surface area contributed by atoms with Crippen LogP contribution < -0.4 is 5.32 Å². The van der Waals surface area contributed by atoms with E-state index in [1.54, 1.807) is 71.0 Å². The summed E-state index contributed by atoms with van der Waals surface area (Å²) in [5.41, 5.74) is -4.41. The fraction of sp³-hybridized carbons (Fsp3) is 0.696. The van der Waals surface area contributed by atoms with Crippen LogP contribution in [0, 0.1) is 34.5 Å². The topological polar surface area (TPSA) is 176 Å². The van der Waals surface area contributed by atoms with Crippen molar-refractivity contribution in [1.29, 1.82) is 0 Å². The van der Waals surface area contributed by atoms with Gasteiger partial charge >= 0.3 is 24.0 Å². The Balaban J connectivity index is 1.52. The number of carbonyl (C=O) groups excluding carboxylic acids is 4. The predicted octanol–water partition coefficient (Wildman–Crippen LogP) is 6.59. The van der Waals surface area contributed by atoms with Crippen LogP contribution in [-0.4, -0.2) is 93.9 Å². The molecule has 0 unspecified atom stereocenters. The number of benzene rings is 1. The van der Waals surface area contributed by atoms with Crippen LogP contribution in [0.5, 0.6) is 0 Å². The second-order valence-electron chi connectivity index (χ2n) is 19.7. The average molecular weight is 824 g/mol. The Morgan fingerprint density at radius 2 is 1.73 bits per heavy atom. The molecule has 0 radical (unpaired) electrons. The number of hydrogen-bond donors (Lipinski definition) is 3. The molecule has 0 bridgehead atoms. The van der Waals surface area contributed by atoms with Crippen LogP contribution in [-0.2, 0) is 38.0 Å². The van der Waals surface area contributed by atoms with Gasteiger partial charge in [0, 0.05) is 36.5 Å². The third kappa shape index (κ3) is 7.74. The van der Waals surface area contributed by atoms with E-state index in [4.69, 9.17) is 28.4 Å². The highest BCUT2D eigenvalue weighted by atomic mass is 16.7. The maximum absolute atomic E-state index is 14.5. The zero-order valence-electron chi connectivity index (χ0n) is 36.5. The second kappa shape index (κ2) is 15.9.